The van der Waals surface area contributed by atoms with Crippen LogP contribution in [0.2, 0.25) is 5.02 Å². The summed E-state index contributed by atoms with van der Waals surface area (Å²) < 4.78 is 30.0. The highest BCUT2D eigenvalue weighted by Gasteiger charge is 2.30. The average molecular weight is 520 g/mol. The maximum absolute atomic E-state index is 14.6. The van der Waals surface area contributed by atoms with Gasteiger partial charge in [0.1, 0.15) is 11.3 Å². The molecule has 2 saturated carbocycles. The average Bonchev–Trinajstić information content (AvgIpc) is 3.20. The lowest BCUT2D eigenvalue weighted by Crippen LogP contribution is -2.36. The third-order valence-electron chi connectivity index (χ3n) is 7.18. The number of anilines is 3. The smallest absolute Gasteiger partial charge is 0.225 e. The number of rotatable bonds is 6. The Balaban J connectivity index is 1.53. The molecule has 1 aromatic carbocycles. The zero-order valence-corrected chi connectivity index (χ0v) is 20.3. The van der Waals surface area contributed by atoms with Gasteiger partial charge in [0.15, 0.2) is 11.5 Å². The molecule has 5 N–H and O–H groups in total. The van der Waals surface area contributed by atoms with Crippen LogP contribution in [0.3, 0.4) is 0 Å². The fraction of sp³-hybridized carbons (Fsp3) is 0.500. The van der Waals surface area contributed by atoms with E-state index in [1.165, 1.54) is 0 Å². The van der Waals surface area contributed by atoms with Crippen molar-refractivity contribution in [3.8, 4) is 0 Å². The molecule has 0 spiro atoms. The lowest BCUT2D eigenvalue weighted by molar-refractivity contribution is -0.122. The topological polar surface area (TPSA) is 131 Å². The number of aliphatic hydroxyl groups excluding tert-OH is 1. The number of amides is 1. The second kappa shape index (κ2) is 10.1. The predicted molar refractivity (Wildman–Crippen MR) is 132 cm³/mol. The maximum atomic E-state index is 14.6. The van der Waals surface area contributed by atoms with Crippen molar-refractivity contribution in [3.63, 3.8) is 0 Å². The summed E-state index contributed by atoms with van der Waals surface area (Å²) in [4.78, 5) is 25.3. The molecule has 2 aromatic heterocycles. The molecule has 0 aliphatic heterocycles. The Morgan fingerprint density at radius 2 is 1.86 bits per heavy atom. The number of benzene rings is 1. The van der Waals surface area contributed by atoms with Gasteiger partial charge < -0.3 is 21.5 Å². The number of aliphatic hydroxyl groups is 1. The van der Waals surface area contributed by atoms with Crippen LogP contribution in [0.25, 0.3) is 11.2 Å². The third-order valence-corrected chi connectivity index (χ3v) is 7.48. The number of nitrogens with two attached hydrogens (primary N) is 1. The van der Waals surface area contributed by atoms with Gasteiger partial charge in [0, 0.05) is 18.0 Å². The summed E-state index contributed by atoms with van der Waals surface area (Å²) in [6.07, 6.45) is 7.11. The monoisotopic (exact) mass is 519 g/mol. The second-order valence-electron chi connectivity index (χ2n) is 9.59. The van der Waals surface area contributed by atoms with Crippen molar-refractivity contribution in [1.82, 2.24) is 19.5 Å². The molecule has 2 heterocycles. The van der Waals surface area contributed by atoms with E-state index >= 15 is 0 Å². The summed E-state index contributed by atoms with van der Waals surface area (Å²) in [6, 6.07) is 1.52. The maximum Gasteiger partial charge on any atom is 0.225 e. The van der Waals surface area contributed by atoms with E-state index in [4.69, 9.17) is 22.3 Å². The van der Waals surface area contributed by atoms with E-state index in [1.54, 1.807) is 6.20 Å². The number of nitrogens with one attached hydrogen (secondary N) is 2. The first-order valence-electron chi connectivity index (χ1n) is 12.2. The van der Waals surface area contributed by atoms with Crippen molar-refractivity contribution in [3.05, 3.63) is 35.0 Å². The molecule has 9 nitrogen and oxygen atoms in total. The Kier molecular flexibility index (Phi) is 6.94. The molecule has 5 rings (SSSR count). The highest BCUT2D eigenvalue weighted by Crippen LogP contribution is 2.38. The van der Waals surface area contributed by atoms with Crippen LogP contribution in [0.1, 0.15) is 57.4 Å². The molecule has 36 heavy (non-hydrogen) atoms. The summed E-state index contributed by atoms with van der Waals surface area (Å²) in [6.45, 7) is 0. The summed E-state index contributed by atoms with van der Waals surface area (Å²) >= 11 is 6.13. The number of fused-ring (bicyclic) bond motifs is 1. The molecule has 2 fully saturated rings. The molecule has 12 heteroatoms. The van der Waals surface area contributed by atoms with Gasteiger partial charge in [-0.15, -0.1) is 0 Å². The van der Waals surface area contributed by atoms with Crippen LogP contribution >= 0.6 is 11.6 Å². The SMILES string of the molecule is NC(=O)C1CCC(n2c(Nc3c(F)cc(F)cc3Cl)nc3cnc(NC4CCCC[C@H]4O)nc32)CC1. The Bertz CT molecular complexity index is 1260. The van der Waals surface area contributed by atoms with Crippen LogP contribution in [0.5, 0.6) is 0 Å². The highest BCUT2D eigenvalue weighted by atomic mass is 35.5. The summed E-state index contributed by atoms with van der Waals surface area (Å²) in [5.41, 5.74) is 6.40. The summed E-state index contributed by atoms with van der Waals surface area (Å²) in [7, 11) is 0. The quantitative estimate of drug-likeness (QED) is 0.379. The van der Waals surface area contributed by atoms with E-state index in [1.807, 2.05) is 4.57 Å². The van der Waals surface area contributed by atoms with Gasteiger partial charge in [-0.05, 0) is 44.6 Å². The minimum atomic E-state index is -0.851. The first kappa shape index (κ1) is 24.6. The van der Waals surface area contributed by atoms with Crippen molar-refractivity contribution in [2.75, 3.05) is 10.6 Å². The van der Waals surface area contributed by atoms with Crippen LogP contribution in [-0.2, 0) is 4.79 Å². The largest absolute Gasteiger partial charge is 0.391 e. The van der Waals surface area contributed by atoms with Gasteiger partial charge in [0.25, 0.3) is 0 Å². The first-order valence-corrected chi connectivity index (χ1v) is 12.6. The zero-order chi connectivity index (χ0) is 25.4. The number of carbonyl (C=O) groups is 1. The number of nitrogens with zero attached hydrogens (tertiary/aromatic N) is 4. The van der Waals surface area contributed by atoms with E-state index < -0.39 is 17.7 Å². The van der Waals surface area contributed by atoms with Crippen LogP contribution in [0, 0.1) is 17.6 Å². The fourth-order valence-electron chi connectivity index (χ4n) is 5.23. The molecule has 0 saturated heterocycles. The Hall–Kier alpha value is -3.05. The molecule has 2 atom stereocenters. The van der Waals surface area contributed by atoms with Gasteiger partial charge in [0.05, 0.1) is 29.1 Å². The number of hydrogen-bond acceptors (Lipinski definition) is 7. The number of primary amides is 1. The first-order chi connectivity index (χ1) is 17.3. The van der Waals surface area contributed by atoms with Gasteiger partial charge in [-0.2, -0.15) is 4.98 Å². The Morgan fingerprint density at radius 3 is 2.56 bits per heavy atom. The third kappa shape index (κ3) is 4.94. The Morgan fingerprint density at radius 1 is 1.11 bits per heavy atom. The molecule has 192 valence electrons. The lowest BCUT2D eigenvalue weighted by Gasteiger charge is -2.29. The molecule has 2 aliphatic carbocycles. The number of imidazole rings is 1. The lowest BCUT2D eigenvalue weighted by atomic mass is 9.85. The highest BCUT2D eigenvalue weighted by molar-refractivity contribution is 6.33. The van der Waals surface area contributed by atoms with E-state index in [0.717, 1.165) is 37.8 Å². The summed E-state index contributed by atoms with van der Waals surface area (Å²) in [5, 5.41) is 16.4. The van der Waals surface area contributed by atoms with Gasteiger partial charge in [-0.25, -0.2) is 18.7 Å². The van der Waals surface area contributed by atoms with Gasteiger partial charge >= 0.3 is 0 Å². The number of halogens is 3. The number of carbonyl (C=O) groups excluding carboxylic acids is 1. The Labute approximate surface area is 211 Å². The normalized spacial score (nSPS) is 24.6. The van der Waals surface area contributed by atoms with Crippen LogP contribution in [0.4, 0.5) is 26.4 Å². The van der Waals surface area contributed by atoms with Crippen molar-refractivity contribution < 1.29 is 18.7 Å². The van der Waals surface area contributed by atoms with E-state index in [2.05, 4.69) is 20.6 Å². The minimum Gasteiger partial charge on any atom is -0.391 e. The molecule has 3 aromatic rings. The van der Waals surface area contributed by atoms with Crippen molar-refractivity contribution >= 4 is 46.3 Å². The van der Waals surface area contributed by atoms with Gasteiger partial charge in [0.2, 0.25) is 17.8 Å². The predicted octanol–water partition coefficient (Wildman–Crippen LogP) is 4.43. The zero-order valence-electron chi connectivity index (χ0n) is 19.6. The van der Waals surface area contributed by atoms with Gasteiger partial charge in [-0.3, -0.25) is 9.36 Å². The molecule has 1 amide bonds. The van der Waals surface area contributed by atoms with E-state index in [-0.39, 0.29) is 40.6 Å². The van der Waals surface area contributed by atoms with Crippen LogP contribution < -0.4 is 16.4 Å². The van der Waals surface area contributed by atoms with Crippen LogP contribution in [0.15, 0.2) is 18.3 Å². The van der Waals surface area contributed by atoms with Crippen LogP contribution in [-0.4, -0.2) is 42.7 Å². The van der Waals surface area contributed by atoms with Crippen molar-refractivity contribution in [1.29, 1.82) is 0 Å². The molecular weight excluding hydrogens is 492 g/mol. The molecule has 1 unspecified atom stereocenters. The summed E-state index contributed by atoms with van der Waals surface area (Å²) in [5.74, 6) is -1.51. The van der Waals surface area contributed by atoms with Gasteiger partial charge in [-0.1, -0.05) is 24.4 Å². The van der Waals surface area contributed by atoms with Crippen molar-refractivity contribution in [2.24, 2.45) is 11.7 Å². The number of aromatic nitrogens is 4. The standard InChI is InChI=1S/C24H28ClF2N7O2/c25-15-9-13(26)10-16(27)20(15)32-24-31-18-11-29-23(30-17-3-1-2-4-19(17)35)33-22(18)34(24)14-7-5-12(6-8-14)21(28)36/h9-12,14,17,19,35H,1-8H2,(H2,28,36)(H,31,32)(H,29,30,33)/t12?,14?,17?,19-/m1/s1. The fourth-order valence-corrected chi connectivity index (χ4v) is 5.47. The number of hydrogen-bond donors (Lipinski definition) is 4. The molecule has 0 bridgehead atoms. The van der Waals surface area contributed by atoms with Crippen molar-refractivity contribution in [2.45, 2.75) is 69.6 Å². The van der Waals surface area contributed by atoms with E-state index in [9.17, 15) is 18.7 Å². The molecular formula is C24H28ClF2N7O2. The second-order valence-corrected chi connectivity index (χ2v) is 9.99. The molecule has 2 aliphatic rings. The minimum absolute atomic E-state index is 0.0987. The molecule has 0 radical (unpaired) electrons. The van der Waals surface area contributed by atoms with E-state index in [0.29, 0.717) is 42.8 Å².